The first kappa shape index (κ1) is 14.8. The van der Waals surface area contributed by atoms with Crippen LogP contribution >= 0.6 is 0 Å². The Labute approximate surface area is 116 Å². The van der Waals surface area contributed by atoms with Gasteiger partial charge in [0.25, 0.3) is 0 Å². The Hall–Kier alpha value is -0.610. The average Bonchev–Trinajstić information content (AvgIpc) is 3.03. The summed E-state index contributed by atoms with van der Waals surface area (Å²) in [4.78, 5) is 11.4. The van der Waals surface area contributed by atoms with Gasteiger partial charge in [0.1, 0.15) is 0 Å². The molecule has 0 saturated heterocycles. The molecule has 4 nitrogen and oxygen atoms in total. The summed E-state index contributed by atoms with van der Waals surface area (Å²) < 4.78 is 0. The molecule has 2 saturated carbocycles. The molecule has 0 radical (unpaired) electrons. The number of rotatable bonds is 9. The fourth-order valence-electron chi connectivity index (χ4n) is 2.88. The van der Waals surface area contributed by atoms with Gasteiger partial charge in [-0.15, -0.1) is 0 Å². The quantitative estimate of drug-likeness (QED) is 0.556. The lowest BCUT2D eigenvalue weighted by molar-refractivity contribution is -0.121. The molecule has 1 amide bonds. The molecule has 0 aromatic carbocycles. The normalized spacial score (nSPS) is 21.5. The van der Waals surface area contributed by atoms with Gasteiger partial charge in [0.05, 0.1) is 6.10 Å². The van der Waals surface area contributed by atoms with Gasteiger partial charge < -0.3 is 15.7 Å². The zero-order valence-corrected chi connectivity index (χ0v) is 11.9. The van der Waals surface area contributed by atoms with Crippen molar-refractivity contribution in [2.45, 2.75) is 69.9 Å². The first-order valence-electron chi connectivity index (χ1n) is 7.92. The molecule has 110 valence electrons. The molecular formula is C15H28N2O2. The molecule has 0 aliphatic heterocycles. The summed E-state index contributed by atoms with van der Waals surface area (Å²) in [6.07, 6.45) is 9.72. The summed E-state index contributed by atoms with van der Waals surface area (Å²) in [5, 5.41) is 16.1. The van der Waals surface area contributed by atoms with E-state index in [1.165, 1.54) is 25.7 Å². The van der Waals surface area contributed by atoms with Gasteiger partial charge in [-0.3, -0.25) is 4.79 Å². The molecule has 0 bridgehead atoms. The first-order valence-corrected chi connectivity index (χ1v) is 7.92. The molecule has 0 spiro atoms. The van der Waals surface area contributed by atoms with Crippen molar-refractivity contribution in [3.63, 3.8) is 0 Å². The number of amides is 1. The second-order valence-electron chi connectivity index (χ2n) is 6.19. The fourth-order valence-corrected chi connectivity index (χ4v) is 2.88. The molecule has 0 aromatic heterocycles. The van der Waals surface area contributed by atoms with Crippen LogP contribution in [-0.4, -0.2) is 36.2 Å². The minimum atomic E-state index is -0.219. The molecular weight excluding hydrogens is 240 g/mol. The fraction of sp³-hybridized carbons (Fsp3) is 0.933. The number of aliphatic hydroxyl groups excluding tert-OH is 1. The summed E-state index contributed by atoms with van der Waals surface area (Å²) in [6, 6.07) is 0.466. The Balaban J connectivity index is 1.41. The largest absolute Gasteiger partial charge is 0.392 e. The molecule has 1 atom stereocenters. The third-order valence-electron chi connectivity index (χ3n) is 4.16. The van der Waals surface area contributed by atoms with E-state index in [2.05, 4.69) is 10.6 Å². The van der Waals surface area contributed by atoms with Gasteiger partial charge in [-0.05, 0) is 38.1 Å². The highest BCUT2D eigenvalue weighted by atomic mass is 16.3. The number of carbonyl (C=O) groups is 1. The van der Waals surface area contributed by atoms with Crippen molar-refractivity contribution in [2.75, 3.05) is 13.1 Å². The Kier molecular flexibility index (Phi) is 6.11. The highest BCUT2D eigenvalue weighted by molar-refractivity contribution is 5.76. The van der Waals surface area contributed by atoms with Gasteiger partial charge in [0.2, 0.25) is 5.91 Å². The van der Waals surface area contributed by atoms with Crippen LogP contribution in [0.2, 0.25) is 0 Å². The van der Waals surface area contributed by atoms with Crippen LogP contribution in [0.3, 0.4) is 0 Å². The summed E-state index contributed by atoms with van der Waals surface area (Å²) in [5.41, 5.74) is 0. The summed E-state index contributed by atoms with van der Waals surface area (Å²) in [7, 11) is 0. The highest BCUT2D eigenvalue weighted by Crippen LogP contribution is 2.28. The number of hydrogen-bond acceptors (Lipinski definition) is 3. The topological polar surface area (TPSA) is 61.4 Å². The van der Waals surface area contributed by atoms with E-state index in [0.717, 1.165) is 38.1 Å². The number of hydrogen-bond donors (Lipinski definition) is 3. The van der Waals surface area contributed by atoms with Crippen LogP contribution in [0.15, 0.2) is 0 Å². The second kappa shape index (κ2) is 7.85. The standard InChI is InChI=1S/C15H28N2O2/c18-14(10-12-4-1-2-5-12)11-16-9-3-6-15(19)17-13-7-8-13/h12-14,16,18H,1-11H2,(H,17,19). The average molecular weight is 268 g/mol. The number of carbonyl (C=O) groups excluding carboxylic acids is 1. The molecule has 1 unspecified atom stereocenters. The maximum absolute atomic E-state index is 11.4. The predicted molar refractivity (Wildman–Crippen MR) is 75.9 cm³/mol. The van der Waals surface area contributed by atoms with Crippen LogP contribution in [0, 0.1) is 5.92 Å². The van der Waals surface area contributed by atoms with Crippen LogP contribution in [0.4, 0.5) is 0 Å². The predicted octanol–water partition coefficient (Wildman–Crippen LogP) is 1.58. The van der Waals surface area contributed by atoms with E-state index >= 15 is 0 Å². The van der Waals surface area contributed by atoms with Crippen LogP contribution in [0.5, 0.6) is 0 Å². The SMILES string of the molecule is O=C(CCCNCC(O)CC1CCCC1)NC1CC1. The van der Waals surface area contributed by atoms with Gasteiger partial charge in [-0.2, -0.15) is 0 Å². The zero-order chi connectivity index (χ0) is 13.5. The molecule has 2 aliphatic carbocycles. The Morgan fingerprint density at radius 2 is 1.95 bits per heavy atom. The number of nitrogens with one attached hydrogen (secondary N) is 2. The van der Waals surface area contributed by atoms with E-state index in [-0.39, 0.29) is 12.0 Å². The monoisotopic (exact) mass is 268 g/mol. The van der Waals surface area contributed by atoms with Gasteiger partial charge in [0.15, 0.2) is 0 Å². The van der Waals surface area contributed by atoms with E-state index in [0.29, 0.717) is 19.0 Å². The molecule has 2 fully saturated rings. The lowest BCUT2D eigenvalue weighted by atomic mass is 10.00. The van der Waals surface area contributed by atoms with Crippen LogP contribution in [0.1, 0.15) is 57.8 Å². The van der Waals surface area contributed by atoms with Gasteiger partial charge >= 0.3 is 0 Å². The molecule has 19 heavy (non-hydrogen) atoms. The van der Waals surface area contributed by atoms with Gasteiger partial charge in [-0.25, -0.2) is 0 Å². The molecule has 4 heteroatoms. The summed E-state index contributed by atoms with van der Waals surface area (Å²) >= 11 is 0. The van der Waals surface area contributed by atoms with Crippen molar-refractivity contribution in [3.8, 4) is 0 Å². The zero-order valence-electron chi connectivity index (χ0n) is 11.9. The molecule has 2 rings (SSSR count). The van der Waals surface area contributed by atoms with E-state index < -0.39 is 0 Å². The van der Waals surface area contributed by atoms with E-state index in [1.54, 1.807) is 0 Å². The van der Waals surface area contributed by atoms with E-state index in [4.69, 9.17) is 0 Å². The summed E-state index contributed by atoms with van der Waals surface area (Å²) in [5.74, 6) is 0.914. The third kappa shape index (κ3) is 6.39. The maximum Gasteiger partial charge on any atom is 0.220 e. The van der Waals surface area contributed by atoms with E-state index in [9.17, 15) is 9.90 Å². The lowest BCUT2D eigenvalue weighted by Crippen LogP contribution is -2.30. The van der Waals surface area contributed by atoms with Gasteiger partial charge in [-0.1, -0.05) is 25.7 Å². The van der Waals surface area contributed by atoms with Crippen molar-refractivity contribution in [3.05, 3.63) is 0 Å². The number of aliphatic hydroxyl groups is 1. The minimum absolute atomic E-state index is 0.177. The first-order chi connectivity index (χ1) is 9.24. The van der Waals surface area contributed by atoms with Gasteiger partial charge in [0, 0.05) is 19.0 Å². The van der Waals surface area contributed by atoms with Crippen LogP contribution < -0.4 is 10.6 Å². The van der Waals surface area contributed by atoms with Crippen molar-refractivity contribution in [1.29, 1.82) is 0 Å². The van der Waals surface area contributed by atoms with Crippen molar-refractivity contribution < 1.29 is 9.90 Å². The minimum Gasteiger partial charge on any atom is -0.392 e. The molecule has 2 aliphatic rings. The van der Waals surface area contributed by atoms with Crippen LogP contribution in [-0.2, 0) is 4.79 Å². The molecule has 0 aromatic rings. The van der Waals surface area contributed by atoms with Crippen molar-refractivity contribution in [1.82, 2.24) is 10.6 Å². The lowest BCUT2D eigenvalue weighted by Gasteiger charge is -2.15. The maximum atomic E-state index is 11.4. The second-order valence-corrected chi connectivity index (χ2v) is 6.19. The van der Waals surface area contributed by atoms with E-state index in [1.807, 2.05) is 0 Å². The molecule has 3 N–H and O–H groups in total. The third-order valence-corrected chi connectivity index (χ3v) is 4.16. The molecule has 0 heterocycles. The Morgan fingerprint density at radius 3 is 2.63 bits per heavy atom. The highest BCUT2D eigenvalue weighted by Gasteiger charge is 2.22. The smallest absolute Gasteiger partial charge is 0.220 e. The van der Waals surface area contributed by atoms with Crippen molar-refractivity contribution >= 4 is 5.91 Å². The van der Waals surface area contributed by atoms with Crippen LogP contribution in [0.25, 0.3) is 0 Å². The Bertz CT molecular complexity index is 273. The van der Waals surface area contributed by atoms with Crippen molar-refractivity contribution in [2.24, 2.45) is 5.92 Å². The summed E-state index contributed by atoms with van der Waals surface area (Å²) in [6.45, 7) is 1.49. The Morgan fingerprint density at radius 1 is 1.21 bits per heavy atom.